The average Bonchev–Trinajstić information content (AvgIpc) is 3.10. The fourth-order valence-electron chi connectivity index (χ4n) is 2.72. The van der Waals surface area contributed by atoms with Crippen LogP contribution in [0.5, 0.6) is 0 Å². The van der Waals surface area contributed by atoms with Gasteiger partial charge in [0.1, 0.15) is 11.5 Å². The van der Waals surface area contributed by atoms with Crippen molar-refractivity contribution in [2.24, 2.45) is 0 Å². The van der Waals surface area contributed by atoms with Crippen molar-refractivity contribution in [3.8, 4) is 0 Å². The molecule has 0 atom stereocenters. The fraction of sp³-hybridized carbons (Fsp3) is 0.250. The molecule has 1 aromatic heterocycles. The normalized spacial score (nSPS) is 13.8. The number of amides is 1. The summed E-state index contributed by atoms with van der Waals surface area (Å²) >= 11 is 0. The molecule has 1 aliphatic rings. The van der Waals surface area contributed by atoms with Crippen molar-refractivity contribution in [1.82, 2.24) is 4.98 Å². The molecule has 1 aromatic carbocycles. The van der Waals surface area contributed by atoms with Gasteiger partial charge in [-0.25, -0.2) is 4.98 Å². The van der Waals surface area contributed by atoms with Crippen molar-refractivity contribution in [2.75, 3.05) is 29.0 Å². The number of hydrogen-bond acceptors (Lipinski definition) is 6. The first-order valence-electron chi connectivity index (χ1n) is 7.61. The summed E-state index contributed by atoms with van der Waals surface area (Å²) in [4.78, 5) is 29.1. The van der Waals surface area contributed by atoms with E-state index in [-0.39, 0.29) is 11.3 Å². The first kappa shape index (κ1) is 15.7. The summed E-state index contributed by atoms with van der Waals surface area (Å²) in [5.41, 5.74) is 6.69. The van der Waals surface area contributed by atoms with Crippen LogP contribution in [-0.2, 0) is 0 Å². The Bertz CT molecular complexity index is 770. The number of nitrogens with two attached hydrogens (primary N) is 1. The third kappa shape index (κ3) is 3.27. The molecule has 3 N–H and O–H groups in total. The maximum absolute atomic E-state index is 12.3. The average molecular weight is 327 g/mol. The van der Waals surface area contributed by atoms with Gasteiger partial charge in [-0.05, 0) is 37.1 Å². The number of carbonyl (C=O) groups excluding carboxylic acids is 1. The molecular weight excluding hydrogens is 310 g/mol. The van der Waals surface area contributed by atoms with Crippen LogP contribution in [-0.4, -0.2) is 28.9 Å². The first-order chi connectivity index (χ1) is 11.5. The topological polar surface area (TPSA) is 114 Å². The molecular formula is C16H17N5O3. The van der Waals surface area contributed by atoms with Gasteiger partial charge in [0.05, 0.1) is 16.8 Å². The molecule has 0 saturated carbocycles. The summed E-state index contributed by atoms with van der Waals surface area (Å²) in [6.07, 6.45) is 3.47. The van der Waals surface area contributed by atoms with Gasteiger partial charge in [-0.15, -0.1) is 0 Å². The molecule has 0 spiro atoms. The van der Waals surface area contributed by atoms with E-state index in [0.717, 1.165) is 25.9 Å². The van der Waals surface area contributed by atoms with Gasteiger partial charge in [0.2, 0.25) is 0 Å². The van der Waals surface area contributed by atoms with Gasteiger partial charge in [-0.2, -0.15) is 0 Å². The number of carbonyl (C=O) groups is 1. The van der Waals surface area contributed by atoms with Crippen LogP contribution in [0.4, 0.5) is 22.9 Å². The third-order valence-electron chi connectivity index (χ3n) is 3.93. The van der Waals surface area contributed by atoms with Gasteiger partial charge < -0.3 is 16.0 Å². The van der Waals surface area contributed by atoms with Crippen LogP contribution >= 0.6 is 0 Å². The number of nitro benzene ring substituents is 1. The zero-order valence-corrected chi connectivity index (χ0v) is 12.9. The van der Waals surface area contributed by atoms with Crippen LogP contribution in [0.2, 0.25) is 0 Å². The molecule has 1 amide bonds. The Morgan fingerprint density at radius 2 is 2.00 bits per heavy atom. The van der Waals surface area contributed by atoms with Gasteiger partial charge in [0.15, 0.2) is 0 Å². The summed E-state index contributed by atoms with van der Waals surface area (Å²) in [5.74, 6) is -0.0868. The first-order valence-corrected chi connectivity index (χ1v) is 7.61. The van der Waals surface area contributed by atoms with Crippen LogP contribution in [0.15, 0.2) is 36.5 Å². The summed E-state index contributed by atoms with van der Waals surface area (Å²) in [5, 5.41) is 14.0. The predicted molar refractivity (Wildman–Crippen MR) is 91.1 cm³/mol. The summed E-state index contributed by atoms with van der Waals surface area (Å²) in [6, 6.07) is 7.73. The van der Waals surface area contributed by atoms with Crippen LogP contribution in [0.3, 0.4) is 0 Å². The van der Waals surface area contributed by atoms with E-state index in [2.05, 4.69) is 10.3 Å². The van der Waals surface area contributed by atoms with E-state index in [4.69, 9.17) is 5.73 Å². The summed E-state index contributed by atoms with van der Waals surface area (Å²) in [7, 11) is 0. The predicted octanol–water partition coefficient (Wildman–Crippen LogP) is 2.42. The number of anilines is 3. The molecule has 1 saturated heterocycles. The number of hydrogen-bond donors (Lipinski definition) is 2. The quantitative estimate of drug-likeness (QED) is 0.658. The minimum atomic E-state index is -0.449. The highest BCUT2D eigenvalue weighted by molar-refractivity contribution is 6.05. The Kier molecular flexibility index (Phi) is 4.28. The van der Waals surface area contributed by atoms with Crippen molar-refractivity contribution in [3.05, 3.63) is 52.2 Å². The van der Waals surface area contributed by atoms with Gasteiger partial charge in [-0.1, -0.05) is 0 Å². The highest BCUT2D eigenvalue weighted by atomic mass is 16.6. The van der Waals surface area contributed by atoms with Crippen molar-refractivity contribution in [1.29, 1.82) is 0 Å². The van der Waals surface area contributed by atoms with E-state index in [1.54, 1.807) is 24.3 Å². The van der Waals surface area contributed by atoms with Crippen LogP contribution < -0.4 is 16.0 Å². The van der Waals surface area contributed by atoms with E-state index in [1.807, 2.05) is 4.90 Å². The second kappa shape index (κ2) is 6.53. The SMILES string of the molecule is Nc1ccc(NC(=O)c2ccc(N3CCCC3)c([N+](=O)[O-])c2)cn1. The smallest absolute Gasteiger partial charge is 0.293 e. The molecule has 2 heterocycles. The molecule has 124 valence electrons. The van der Waals surface area contributed by atoms with E-state index in [1.165, 1.54) is 12.3 Å². The number of nitrogen functional groups attached to an aromatic ring is 1. The Hall–Kier alpha value is -3.16. The van der Waals surface area contributed by atoms with Crippen molar-refractivity contribution < 1.29 is 9.72 Å². The van der Waals surface area contributed by atoms with E-state index in [0.29, 0.717) is 17.2 Å². The molecule has 1 fully saturated rings. The Balaban J connectivity index is 1.85. The Morgan fingerprint density at radius 3 is 2.62 bits per heavy atom. The number of nitrogens with zero attached hydrogens (tertiary/aromatic N) is 3. The van der Waals surface area contributed by atoms with E-state index >= 15 is 0 Å². The van der Waals surface area contributed by atoms with Crippen LogP contribution in [0, 0.1) is 10.1 Å². The highest BCUT2D eigenvalue weighted by Gasteiger charge is 2.23. The monoisotopic (exact) mass is 327 g/mol. The molecule has 1 aliphatic heterocycles. The lowest BCUT2D eigenvalue weighted by Gasteiger charge is -2.17. The number of nitrogens with one attached hydrogen (secondary N) is 1. The second-order valence-corrected chi connectivity index (χ2v) is 5.58. The number of aromatic nitrogens is 1. The minimum Gasteiger partial charge on any atom is -0.384 e. The largest absolute Gasteiger partial charge is 0.384 e. The van der Waals surface area contributed by atoms with Gasteiger partial charge in [0.25, 0.3) is 11.6 Å². The molecule has 0 radical (unpaired) electrons. The molecule has 0 aliphatic carbocycles. The molecule has 0 bridgehead atoms. The standard InChI is InChI=1S/C16H17N5O3/c17-15-6-4-12(10-18-15)19-16(22)11-3-5-13(14(9-11)21(23)24)20-7-1-2-8-20/h3-6,9-10H,1-2,7-8H2,(H2,17,18)(H,19,22). The van der Waals surface area contributed by atoms with Gasteiger partial charge in [-0.3, -0.25) is 14.9 Å². The Labute approximate surface area is 138 Å². The number of benzene rings is 1. The van der Waals surface area contributed by atoms with E-state index < -0.39 is 10.8 Å². The molecule has 3 rings (SSSR count). The summed E-state index contributed by atoms with van der Waals surface area (Å²) < 4.78 is 0. The lowest BCUT2D eigenvalue weighted by atomic mass is 10.1. The van der Waals surface area contributed by atoms with Crippen molar-refractivity contribution in [3.63, 3.8) is 0 Å². The molecule has 0 unspecified atom stereocenters. The van der Waals surface area contributed by atoms with Crippen molar-refractivity contribution in [2.45, 2.75) is 12.8 Å². The Morgan fingerprint density at radius 1 is 1.25 bits per heavy atom. The maximum Gasteiger partial charge on any atom is 0.293 e. The number of nitro groups is 1. The van der Waals surface area contributed by atoms with Crippen LogP contribution in [0.25, 0.3) is 0 Å². The maximum atomic E-state index is 12.3. The van der Waals surface area contributed by atoms with E-state index in [9.17, 15) is 14.9 Å². The lowest BCUT2D eigenvalue weighted by molar-refractivity contribution is -0.384. The number of pyridine rings is 1. The second-order valence-electron chi connectivity index (χ2n) is 5.58. The van der Waals surface area contributed by atoms with Crippen molar-refractivity contribution >= 4 is 28.8 Å². The van der Waals surface area contributed by atoms with Gasteiger partial charge in [0, 0.05) is 24.7 Å². The highest BCUT2D eigenvalue weighted by Crippen LogP contribution is 2.31. The van der Waals surface area contributed by atoms with Crippen LogP contribution in [0.1, 0.15) is 23.2 Å². The lowest BCUT2D eigenvalue weighted by Crippen LogP contribution is -2.19. The summed E-state index contributed by atoms with van der Waals surface area (Å²) in [6.45, 7) is 1.59. The van der Waals surface area contributed by atoms with Gasteiger partial charge >= 0.3 is 0 Å². The zero-order chi connectivity index (χ0) is 17.1. The number of rotatable bonds is 4. The molecule has 2 aromatic rings. The molecule has 8 nitrogen and oxygen atoms in total. The molecule has 8 heteroatoms. The minimum absolute atomic E-state index is 0.0556. The fourth-order valence-corrected chi connectivity index (χ4v) is 2.72. The zero-order valence-electron chi connectivity index (χ0n) is 12.9. The third-order valence-corrected chi connectivity index (χ3v) is 3.93. The molecule has 24 heavy (non-hydrogen) atoms.